The van der Waals surface area contributed by atoms with E-state index in [1.807, 2.05) is 0 Å². The molecule has 1 N–H and O–H groups in total. The fourth-order valence-corrected chi connectivity index (χ4v) is 4.16. The smallest absolute Gasteiger partial charge is 0.00950 e. The summed E-state index contributed by atoms with van der Waals surface area (Å²) in [4.78, 5) is 0. The molecular formula is C19H21N. The first-order valence-corrected chi connectivity index (χ1v) is 7.78. The van der Waals surface area contributed by atoms with Crippen molar-refractivity contribution in [3.63, 3.8) is 0 Å². The maximum Gasteiger partial charge on any atom is 0.00950 e. The minimum absolute atomic E-state index is 0.590. The Bertz CT molecular complexity index is 590. The summed E-state index contributed by atoms with van der Waals surface area (Å²) in [5.41, 5.74) is 4.63. The molecule has 3 atom stereocenters. The highest BCUT2D eigenvalue weighted by atomic mass is 14.9. The van der Waals surface area contributed by atoms with E-state index in [2.05, 4.69) is 59.9 Å². The molecule has 0 bridgehead atoms. The highest BCUT2D eigenvalue weighted by Gasteiger charge is 2.36. The van der Waals surface area contributed by atoms with Crippen molar-refractivity contribution in [1.82, 2.24) is 5.32 Å². The van der Waals surface area contributed by atoms with Crippen LogP contribution in [-0.2, 0) is 0 Å². The Kier molecular flexibility index (Phi) is 3.08. The molecule has 0 saturated carbocycles. The fourth-order valence-electron chi connectivity index (χ4n) is 4.16. The van der Waals surface area contributed by atoms with Gasteiger partial charge in [-0.1, -0.05) is 54.6 Å². The maximum absolute atomic E-state index is 3.58. The Balaban J connectivity index is 1.81. The van der Waals surface area contributed by atoms with E-state index in [9.17, 15) is 0 Å². The molecule has 2 aromatic carbocycles. The van der Waals surface area contributed by atoms with E-state index < -0.39 is 0 Å². The third-order valence-electron chi connectivity index (χ3n) is 5.14. The number of benzene rings is 2. The molecule has 0 spiro atoms. The molecule has 102 valence electrons. The fraction of sp³-hybridized carbons (Fsp3) is 0.368. The van der Waals surface area contributed by atoms with E-state index >= 15 is 0 Å². The monoisotopic (exact) mass is 263 g/mol. The molecular weight excluding hydrogens is 242 g/mol. The van der Waals surface area contributed by atoms with Crippen molar-refractivity contribution in [2.24, 2.45) is 5.92 Å². The van der Waals surface area contributed by atoms with Crippen LogP contribution in [0.15, 0.2) is 54.6 Å². The second-order valence-corrected chi connectivity index (χ2v) is 6.19. The number of nitrogens with one attached hydrogen (secondary N) is 1. The van der Waals surface area contributed by atoms with E-state index in [1.54, 1.807) is 11.1 Å². The third-order valence-corrected chi connectivity index (χ3v) is 5.14. The van der Waals surface area contributed by atoms with E-state index in [0.29, 0.717) is 5.92 Å². The molecule has 1 aliphatic heterocycles. The lowest BCUT2D eigenvalue weighted by Crippen LogP contribution is -2.38. The van der Waals surface area contributed by atoms with Gasteiger partial charge in [-0.3, -0.25) is 0 Å². The van der Waals surface area contributed by atoms with Gasteiger partial charge in [-0.05, 0) is 47.9 Å². The predicted octanol–water partition coefficient (Wildman–Crippen LogP) is 3.92. The van der Waals surface area contributed by atoms with Crippen LogP contribution in [0.2, 0.25) is 0 Å². The van der Waals surface area contributed by atoms with Crippen LogP contribution >= 0.6 is 0 Å². The van der Waals surface area contributed by atoms with Gasteiger partial charge in [0.15, 0.2) is 0 Å². The molecule has 2 aromatic rings. The second kappa shape index (κ2) is 5.06. The molecule has 4 rings (SSSR count). The van der Waals surface area contributed by atoms with Crippen molar-refractivity contribution < 1.29 is 0 Å². The SMILES string of the molecule is c1ccc(C2CC3CCNCC3c3ccccc32)cc1. The zero-order valence-corrected chi connectivity index (χ0v) is 11.8. The quantitative estimate of drug-likeness (QED) is 0.822. The summed E-state index contributed by atoms with van der Waals surface area (Å²) in [5, 5.41) is 3.58. The van der Waals surface area contributed by atoms with Crippen molar-refractivity contribution in [1.29, 1.82) is 0 Å². The van der Waals surface area contributed by atoms with Crippen LogP contribution in [0.25, 0.3) is 0 Å². The lowest BCUT2D eigenvalue weighted by Gasteiger charge is -2.41. The third kappa shape index (κ3) is 1.97. The number of hydrogen-bond acceptors (Lipinski definition) is 1. The van der Waals surface area contributed by atoms with Crippen LogP contribution in [0, 0.1) is 5.92 Å². The number of hydrogen-bond donors (Lipinski definition) is 1. The first-order chi connectivity index (χ1) is 9.93. The minimum atomic E-state index is 0.590. The zero-order chi connectivity index (χ0) is 13.4. The Morgan fingerprint density at radius 1 is 0.850 bits per heavy atom. The van der Waals surface area contributed by atoms with E-state index in [0.717, 1.165) is 18.4 Å². The van der Waals surface area contributed by atoms with Gasteiger partial charge in [0.05, 0.1) is 0 Å². The Morgan fingerprint density at radius 2 is 1.60 bits per heavy atom. The van der Waals surface area contributed by atoms with Gasteiger partial charge in [0.1, 0.15) is 0 Å². The summed E-state index contributed by atoms with van der Waals surface area (Å²) in [6.07, 6.45) is 2.63. The maximum atomic E-state index is 3.58. The Hall–Kier alpha value is -1.60. The van der Waals surface area contributed by atoms with Crippen LogP contribution in [-0.4, -0.2) is 13.1 Å². The standard InChI is InChI=1S/C19H21N/c1-2-6-14(7-3-1)18-12-15-10-11-20-13-19(15)17-9-5-4-8-16(17)18/h1-9,15,18-20H,10-13H2. The molecule has 0 radical (unpaired) electrons. The molecule has 1 fully saturated rings. The average molecular weight is 263 g/mol. The van der Waals surface area contributed by atoms with Gasteiger partial charge in [0, 0.05) is 12.5 Å². The van der Waals surface area contributed by atoms with Crippen molar-refractivity contribution in [2.75, 3.05) is 13.1 Å². The van der Waals surface area contributed by atoms with Gasteiger partial charge in [-0.25, -0.2) is 0 Å². The average Bonchev–Trinajstić information content (AvgIpc) is 2.55. The zero-order valence-electron chi connectivity index (χ0n) is 11.8. The lowest BCUT2D eigenvalue weighted by atomic mass is 9.66. The van der Waals surface area contributed by atoms with Crippen molar-refractivity contribution in [3.8, 4) is 0 Å². The molecule has 1 heterocycles. The van der Waals surface area contributed by atoms with E-state index in [4.69, 9.17) is 0 Å². The molecule has 0 aromatic heterocycles. The number of rotatable bonds is 1. The summed E-state index contributed by atoms with van der Waals surface area (Å²) in [7, 11) is 0. The molecule has 1 aliphatic carbocycles. The summed E-state index contributed by atoms with van der Waals surface area (Å²) < 4.78 is 0. The van der Waals surface area contributed by atoms with E-state index in [1.165, 1.54) is 24.9 Å². The highest BCUT2D eigenvalue weighted by molar-refractivity contribution is 5.43. The second-order valence-electron chi connectivity index (χ2n) is 6.19. The summed E-state index contributed by atoms with van der Waals surface area (Å²) in [5.74, 6) is 2.16. The molecule has 1 saturated heterocycles. The first kappa shape index (κ1) is 12.2. The van der Waals surface area contributed by atoms with Gasteiger partial charge < -0.3 is 5.32 Å². The van der Waals surface area contributed by atoms with Crippen LogP contribution < -0.4 is 5.32 Å². The Labute approximate surface area is 121 Å². The predicted molar refractivity (Wildman–Crippen MR) is 83.1 cm³/mol. The minimum Gasteiger partial charge on any atom is -0.316 e. The van der Waals surface area contributed by atoms with Crippen LogP contribution in [0.1, 0.15) is 41.4 Å². The first-order valence-electron chi connectivity index (χ1n) is 7.78. The summed E-state index contributed by atoms with van der Waals surface area (Å²) in [6.45, 7) is 2.34. The molecule has 0 amide bonds. The highest BCUT2D eigenvalue weighted by Crippen LogP contribution is 2.47. The van der Waals surface area contributed by atoms with Gasteiger partial charge in [-0.15, -0.1) is 0 Å². The van der Waals surface area contributed by atoms with Crippen LogP contribution in [0.3, 0.4) is 0 Å². The number of fused-ring (bicyclic) bond motifs is 3. The largest absolute Gasteiger partial charge is 0.316 e. The number of piperidine rings is 1. The van der Waals surface area contributed by atoms with Gasteiger partial charge in [0.2, 0.25) is 0 Å². The molecule has 3 unspecified atom stereocenters. The molecule has 2 aliphatic rings. The molecule has 20 heavy (non-hydrogen) atoms. The van der Waals surface area contributed by atoms with E-state index in [-0.39, 0.29) is 0 Å². The summed E-state index contributed by atoms with van der Waals surface area (Å²) in [6, 6.07) is 20.2. The van der Waals surface area contributed by atoms with Crippen LogP contribution in [0.4, 0.5) is 0 Å². The Morgan fingerprint density at radius 3 is 2.45 bits per heavy atom. The van der Waals surface area contributed by atoms with Gasteiger partial charge in [0.25, 0.3) is 0 Å². The summed E-state index contributed by atoms with van der Waals surface area (Å²) >= 11 is 0. The van der Waals surface area contributed by atoms with Gasteiger partial charge in [-0.2, -0.15) is 0 Å². The lowest BCUT2D eigenvalue weighted by molar-refractivity contribution is 0.278. The van der Waals surface area contributed by atoms with Crippen molar-refractivity contribution in [2.45, 2.75) is 24.7 Å². The van der Waals surface area contributed by atoms with Crippen molar-refractivity contribution >= 4 is 0 Å². The molecule has 1 nitrogen and oxygen atoms in total. The van der Waals surface area contributed by atoms with Crippen molar-refractivity contribution in [3.05, 3.63) is 71.3 Å². The van der Waals surface area contributed by atoms with Gasteiger partial charge >= 0.3 is 0 Å². The molecule has 1 heteroatoms. The topological polar surface area (TPSA) is 12.0 Å². The normalized spacial score (nSPS) is 28.5. The van der Waals surface area contributed by atoms with Crippen LogP contribution in [0.5, 0.6) is 0 Å².